The Labute approximate surface area is 145 Å². The molecule has 5 heteroatoms. The summed E-state index contributed by atoms with van der Waals surface area (Å²) in [4.78, 5) is 17.3. The number of rotatable bonds is 4. The summed E-state index contributed by atoms with van der Waals surface area (Å²) in [5, 5.41) is 3.13. The van der Waals surface area contributed by atoms with Gasteiger partial charge in [0.1, 0.15) is 0 Å². The second-order valence-electron chi connectivity index (χ2n) is 7.30. The van der Waals surface area contributed by atoms with Crippen molar-refractivity contribution in [2.75, 3.05) is 46.7 Å². The van der Waals surface area contributed by atoms with Crippen LogP contribution in [-0.2, 0) is 4.74 Å². The summed E-state index contributed by atoms with van der Waals surface area (Å²) < 4.78 is 5.74. The predicted molar refractivity (Wildman–Crippen MR) is 96.4 cm³/mol. The number of benzene rings is 1. The molecule has 0 aromatic heterocycles. The van der Waals surface area contributed by atoms with Crippen molar-refractivity contribution >= 4 is 11.6 Å². The number of anilines is 1. The molecule has 132 valence electrons. The summed E-state index contributed by atoms with van der Waals surface area (Å²) in [7, 11) is 7.92. The van der Waals surface area contributed by atoms with Crippen molar-refractivity contribution in [3.05, 3.63) is 29.8 Å². The van der Waals surface area contributed by atoms with Gasteiger partial charge in [0.2, 0.25) is 0 Å². The van der Waals surface area contributed by atoms with E-state index < -0.39 is 0 Å². The topological polar surface area (TPSA) is 44.8 Å². The van der Waals surface area contributed by atoms with Gasteiger partial charge in [0, 0.05) is 39.0 Å². The molecule has 1 aromatic rings. The molecule has 0 radical (unpaired) electrons. The maximum atomic E-state index is 13.0. The zero-order valence-corrected chi connectivity index (χ0v) is 15.2. The third kappa shape index (κ3) is 3.15. The van der Waals surface area contributed by atoms with Gasteiger partial charge in [0.05, 0.1) is 11.7 Å². The summed E-state index contributed by atoms with van der Waals surface area (Å²) >= 11 is 0. The number of fused-ring (bicyclic) bond motifs is 1. The zero-order valence-electron chi connectivity index (χ0n) is 15.2. The Morgan fingerprint density at radius 2 is 1.88 bits per heavy atom. The monoisotopic (exact) mass is 331 g/mol. The molecule has 2 fully saturated rings. The molecule has 5 nitrogen and oxygen atoms in total. The summed E-state index contributed by atoms with van der Waals surface area (Å²) in [6, 6.07) is 8.20. The molecule has 4 atom stereocenters. The van der Waals surface area contributed by atoms with E-state index in [1.54, 1.807) is 0 Å². The number of hydrogen-bond acceptors (Lipinski definition) is 4. The van der Waals surface area contributed by atoms with Crippen LogP contribution in [0.15, 0.2) is 24.3 Å². The minimum Gasteiger partial charge on any atom is -0.387 e. The highest BCUT2D eigenvalue weighted by atomic mass is 16.5. The Hall–Kier alpha value is -1.59. The SMILES string of the molecule is CNc1ccccc1C(=O)N1C[C@H]2C[C@@H](N(C)C)[C@H](OC)C[C@H]2C1. The van der Waals surface area contributed by atoms with E-state index in [0.29, 0.717) is 17.9 Å². The molecule has 1 aromatic carbocycles. The van der Waals surface area contributed by atoms with Crippen molar-refractivity contribution < 1.29 is 9.53 Å². The highest BCUT2D eigenvalue weighted by Crippen LogP contribution is 2.39. The Morgan fingerprint density at radius 3 is 2.50 bits per heavy atom. The number of nitrogens with zero attached hydrogens (tertiary/aromatic N) is 2. The van der Waals surface area contributed by atoms with E-state index in [1.807, 2.05) is 43.3 Å². The van der Waals surface area contributed by atoms with Crippen LogP contribution in [0.25, 0.3) is 0 Å². The van der Waals surface area contributed by atoms with Crippen molar-refractivity contribution in [2.24, 2.45) is 11.8 Å². The lowest BCUT2D eigenvalue weighted by molar-refractivity contribution is -0.0209. The minimum absolute atomic E-state index is 0.143. The molecule has 2 aliphatic rings. The summed E-state index contributed by atoms with van der Waals surface area (Å²) in [6.07, 6.45) is 2.41. The van der Waals surface area contributed by atoms with Crippen LogP contribution in [0, 0.1) is 11.8 Å². The summed E-state index contributed by atoms with van der Waals surface area (Å²) in [6.45, 7) is 1.71. The molecule has 0 bridgehead atoms. The molecule has 3 rings (SSSR count). The maximum Gasteiger partial charge on any atom is 0.255 e. The van der Waals surface area contributed by atoms with Crippen LogP contribution in [0.2, 0.25) is 0 Å². The Balaban J connectivity index is 1.74. The third-order valence-corrected chi connectivity index (χ3v) is 5.76. The molecule has 1 aliphatic carbocycles. The number of para-hydroxylation sites is 1. The number of carbonyl (C=O) groups excluding carboxylic acids is 1. The van der Waals surface area contributed by atoms with Crippen LogP contribution in [-0.4, -0.2) is 69.2 Å². The third-order valence-electron chi connectivity index (χ3n) is 5.76. The standard InChI is InChI=1S/C19H29N3O2/c1-20-16-8-6-5-7-15(16)19(23)22-11-13-9-17(21(2)3)18(24-4)10-14(13)12-22/h5-8,13-14,17-18,20H,9-12H2,1-4H3/t13-,14+,17-,18-/m1/s1. The molecule has 0 unspecified atom stereocenters. The van der Waals surface area contributed by atoms with Crippen LogP contribution in [0.5, 0.6) is 0 Å². The highest BCUT2D eigenvalue weighted by Gasteiger charge is 2.44. The van der Waals surface area contributed by atoms with E-state index in [1.165, 1.54) is 0 Å². The number of likely N-dealkylation sites (N-methyl/N-ethyl adjacent to an activating group) is 1. The van der Waals surface area contributed by atoms with Crippen molar-refractivity contribution in [3.63, 3.8) is 0 Å². The van der Waals surface area contributed by atoms with E-state index >= 15 is 0 Å². The number of hydrogen-bond donors (Lipinski definition) is 1. The van der Waals surface area contributed by atoms with E-state index in [9.17, 15) is 4.79 Å². The molecule has 1 heterocycles. The van der Waals surface area contributed by atoms with Gasteiger partial charge in [-0.15, -0.1) is 0 Å². The number of likely N-dealkylation sites (tertiary alicyclic amines) is 1. The van der Waals surface area contributed by atoms with Crippen molar-refractivity contribution in [1.29, 1.82) is 0 Å². The molecule has 1 aliphatic heterocycles. The smallest absolute Gasteiger partial charge is 0.255 e. The normalized spacial score (nSPS) is 29.6. The van der Waals surface area contributed by atoms with Gasteiger partial charge < -0.3 is 19.9 Å². The van der Waals surface area contributed by atoms with Crippen LogP contribution in [0.1, 0.15) is 23.2 Å². The number of carbonyl (C=O) groups is 1. The van der Waals surface area contributed by atoms with Gasteiger partial charge in [0.25, 0.3) is 5.91 Å². The van der Waals surface area contributed by atoms with Gasteiger partial charge in [-0.3, -0.25) is 4.79 Å². The van der Waals surface area contributed by atoms with Crippen molar-refractivity contribution in [2.45, 2.75) is 25.0 Å². The van der Waals surface area contributed by atoms with Gasteiger partial charge in [-0.2, -0.15) is 0 Å². The molecule has 1 amide bonds. The molecular weight excluding hydrogens is 302 g/mol. The molecule has 1 saturated heterocycles. The molecule has 0 spiro atoms. The lowest BCUT2D eigenvalue weighted by Gasteiger charge is -2.40. The lowest BCUT2D eigenvalue weighted by Crippen LogP contribution is -2.47. The van der Waals surface area contributed by atoms with E-state index in [4.69, 9.17) is 4.74 Å². The first-order valence-corrected chi connectivity index (χ1v) is 8.80. The van der Waals surface area contributed by atoms with Crippen LogP contribution in [0.3, 0.4) is 0 Å². The molecular formula is C19H29N3O2. The van der Waals surface area contributed by atoms with Gasteiger partial charge in [-0.25, -0.2) is 0 Å². The average molecular weight is 331 g/mol. The summed E-state index contributed by atoms with van der Waals surface area (Å²) in [5.74, 6) is 1.27. The first-order chi connectivity index (χ1) is 11.5. The fraction of sp³-hybridized carbons (Fsp3) is 0.632. The van der Waals surface area contributed by atoms with E-state index in [2.05, 4.69) is 24.3 Å². The molecule has 24 heavy (non-hydrogen) atoms. The van der Waals surface area contributed by atoms with Crippen LogP contribution >= 0.6 is 0 Å². The number of amides is 1. The fourth-order valence-corrected chi connectivity index (χ4v) is 4.41. The van der Waals surface area contributed by atoms with Gasteiger partial charge >= 0.3 is 0 Å². The first-order valence-electron chi connectivity index (χ1n) is 8.80. The van der Waals surface area contributed by atoms with Gasteiger partial charge in [-0.05, 0) is 50.9 Å². The average Bonchev–Trinajstić information content (AvgIpc) is 3.02. The van der Waals surface area contributed by atoms with Gasteiger partial charge in [-0.1, -0.05) is 12.1 Å². The first kappa shape index (κ1) is 17.2. The largest absolute Gasteiger partial charge is 0.387 e. The van der Waals surface area contributed by atoms with E-state index in [0.717, 1.165) is 37.2 Å². The highest BCUT2D eigenvalue weighted by molar-refractivity contribution is 5.99. The second-order valence-corrected chi connectivity index (χ2v) is 7.30. The lowest BCUT2D eigenvalue weighted by atomic mass is 9.77. The predicted octanol–water partition coefficient (Wildman–Crippen LogP) is 2.16. The van der Waals surface area contributed by atoms with Crippen LogP contribution < -0.4 is 5.32 Å². The molecule has 1 saturated carbocycles. The Bertz CT molecular complexity index is 590. The molecule has 1 N–H and O–H groups in total. The fourth-order valence-electron chi connectivity index (χ4n) is 4.41. The second kappa shape index (κ2) is 7.11. The zero-order chi connectivity index (χ0) is 17.3. The van der Waals surface area contributed by atoms with Crippen LogP contribution in [0.4, 0.5) is 5.69 Å². The quantitative estimate of drug-likeness (QED) is 0.918. The summed E-state index contributed by atoms with van der Waals surface area (Å²) in [5.41, 5.74) is 1.67. The van der Waals surface area contributed by atoms with Crippen molar-refractivity contribution in [3.8, 4) is 0 Å². The maximum absolute atomic E-state index is 13.0. The minimum atomic E-state index is 0.143. The Kier molecular flexibility index (Phi) is 5.11. The van der Waals surface area contributed by atoms with E-state index in [-0.39, 0.29) is 12.0 Å². The van der Waals surface area contributed by atoms with Crippen molar-refractivity contribution in [1.82, 2.24) is 9.80 Å². The number of ether oxygens (including phenoxy) is 1. The number of nitrogens with one attached hydrogen (secondary N) is 1. The number of methoxy groups -OCH3 is 1. The Morgan fingerprint density at radius 1 is 1.21 bits per heavy atom. The van der Waals surface area contributed by atoms with Gasteiger partial charge in [0.15, 0.2) is 0 Å².